The summed E-state index contributed by atoms with van der Waals surface area (Å²) in [7, 11) is 1.78. The molecule has 3 atom stereocenters. The van der Waals surface area contributed by atoms with Gasteiger partial charge in [0.1, 0.15) is 11.7 Å². The highest BCUT2D eigenvalue weighted by molar-refractivity contribution is 5.97. The van der Waals surface area contributed by atoms with Gasteiger partial charge in [0.05, 0.1) is 39.0 Å². The SMILES string of the molecule is CC(C)CC#Cc1cnc2c(c1)C(=O)N([C@H](C)CO)C[C@H](C)[C@H](CN(C)C(=O)CN1CCOCC1)O2. The molecule has 1 aromatic rings. The lowest BCUT2D eigenvalue weighted by atomic mass is 10.00. The topological polar surface area (TPSA) is 95.4 Å². The second kappa shape index (κ2) is 13.0. The number of nitrogens with zero attached hydrogens (tertiary/aromatic N) is 4. The number of aliphatic hydroxyl groups is 1. The minimum absolute atomic E-state index is 0.00961. The summed E-state index contributed by atoms with van der Waals surface area (Å²) >= 11 is 0. The van der Waals surface area contributed by atoms with Crippen molar-refractivity contribution in [3.05, 3.63) is 23.4 Å². The molecule has 2 amide bonds. The van der Waals surface area contributed by atoms with Gasteiger partial charge >= 0.3 is 0 Å². The molecular weight excluding hydrogens is 460 g/mol. The van der Waals surface area contributed by atoms with Gasteiger partial charge in [-0.15, -0.1) is 0 Å². The van der Waals surface area contributed by atoms with Crippen LogP contribution in [0.2, 0.25) is 0 Å². The number of fused-ring (bicyclic) bond motifs is 1. The Labute approximate surface area is 214 Å². The van der Waals surface area contributed by atoms with Crippen molar-refractivity contribution in [2.24, 2.45) is 11.8 Å². The van der Waals surface area contributed by atoms with Gasteiger partial charge in [0.2, 0.25) is 11.8 Å². The molecule has 198 valence electrons. The quantitative estimate of drug-likeness (QED) is 0.567. The Morgan fingerprint density at radius 3 is 2.69 bits per heavy atom. The average Bonchev–Trinajstić information content (AvgIpc) is 2.86. The lowest BCUT2D eigenvalue weighted by molar-refractivity contribution is -0.133. The summed E-state index contributed by atoms with van der Waals surface area (Å²) < 4.78 is 11.7. The van der Waals surface area contributed by atoms with Crippen LogP contribution in [0.15, 0.2) is 12.3 Å². The summed E-state index contributed by atoms with van der Waals surface area (Å²) in [6.45, 7) is 11.7. The second-order valence-electron chi connectivity index (χ2n) is 10.3. The molecule has 0 unspecified atom stereocenters. The van der Waals surface area contributed by atoms with Gasteiger partial charge in [0, 0.05) is 50.8 Å². The minimum atomic E-state index is -0.380. The number of hydrogen-bond acceptors (Lipinski definition) is 7. The lowest BCUT2D eigenvalue weighted by Crippen LogP contribution is -2.51. The van der Waals surface area contributed by atoms with E-state index in [2.05, 4.69) is 35.6 Å². The molecule has 1 saturated heterocycles. The first kappa shape index (κ1) is 27.9. The molecule has 2 aliphatic heterocycles. The lowest BCUT2D eigenvalue weighted by Gasteiger charge is -2.38. The Morgan fingerprint density at radius 1 is 1.31 bits per heavy atom. The minimum Gasteiger partial charge on any atom is -0.472 e. The Hall–Kier alpha value is -2.67. The van der Waals surface area contributed by atoms with Gasteiger partial charge in [-0.3, -0.25) is 14.5 Å². The maximum atomic E-state index is 13.5. The fraction of sp³-hybridized carbons (Fsp3) is 0.667. The molecule has 0 aliphatic carbocycles. The maximum Gasteiger partial charge on any atom is 0.259 e. The van der Waals surface area contributed by atoms with Gasteiger partial charge in [0.25, 0.3) is 5.91 Å². The third-order valence-corrected chi connectivity index (χ3v) is 6.61. The van der Waals surface area contributed by atoms with Crippen molar-refractivity contribution in [3.63, 3.8) is 0 Å². The number of morpholine rings is 1. The molecule has 0 bridgehead atoms. The van der Waals surface area contributed by atoms with E-state index in [1.807, 2.05) is 13.8 Å². The number of carbonyl (C=O) groups is 2. The van der Waals surface area contributed by atoms with Crippen molar-refractivity contribution in [1.82, 2.24) is 19.7 Å². The molecular formula is C27H40N4O5. The van der Waals surface area contributed by atoms with Crippen LogP contribution in [0.5, 0.6) is 5.88 Å². The van der Waals surface area contributed by atoms with Crippen LogP contribution in [0, 0.1) is 23.7 Å². The number of aromatic nitrogens is 1. The Kier molecular flexibility index (Phi) is 10.1. The van der Waals surface area contributed by atoms with Crippen LogP contribution in [0.25, 0.3) is 0 Å². The fourth-order valence-corrected chi connectivity index (χ4v) is 4.19. The van der Waals surface area contributed by atoms with Gasteiger partial charge in [0.15, 0.2) is 0 Å². The van der Waals surface area contributed by atoms with E-state index >= 15 is 0 Å². The van der Waals surface area contributed by atoms with Gasteiger partial charge < -0.3 is 24.4 Å². The van der Waals surface area contributed by atoms with Crippen LogP contribution < -0.4 is 4.74 Å². The van der Waals surface area contributed by atoms with E-state index in [0.717, 1.165) is 19.5 Å². The summed E-state index contributed by atoms with van der Waals surface area (Å²) in [6.07, 6.45) is 1.99. The van der Waals surface area contributed by atoms with Crippen molar-refractivity contribution in [2.75, 3.05) is 59.6 Å². The first-order valence-electron chi connectivity index (χ1n) is 12.8. The average molecular weight is 501 g/mol. The van der Waals surface area contributed by atoms with Gasteiger partial charge in [-0.05, 0) is 18.9 Å². The van der Waals surface area contributed by atoms with Crippen molar-refractivity contribution < 1.29 is 24.2 Å². The van der Waals surface area contributed by atoms with E-state index in [-0.39, 0.29) is 42.4 Å². The molecule has 0 radical (unpaired) electrons. The van der Waals surface area contributed by atoms with Crippen molar-refractivity contribution in [1.29, 1.82) is 0 Å². The summed E-state index contributed by atoms with van der Waals surface area (Å²) in [5, 5.41) is 9.83. The number of carbonyl (C=O) groups excluding carboxylic acids is 2. The maximum absolute atomic E-state index is 13.5. The van der Waals surface area contributed by atoms with Crippen molar-refractivity contribution in [2.45, 2.75) is 46.3 Å². The summed E-state index contributed by atoms with van der Waals surface area (Å²) in [4.78, 5) is 36.3. The standard InChI is InChI=1S/C27H40N4O5/c1-19(2)7-6-8-22-13-23-26(28-14-22)36-24(20(3)15-31(27(23)34)21(4)18-32)16-29(5)25(33)17-30-9-11-35-12-10-30/h13-14,19-21,24,32H,7,9-12,15-18H2,1-5H3/t20-,21+,24-/m0/s1. The molecule has 1 aromatic heterocycles. The molecule has 3 heterocycles. The second-order valence-corrected chi connectivity index (χ2v) is 10.3. The largest absolute Gasteiger partial charge is 0.472 e. The number of likely N-dealkylation sites (N-methyl/N-ethyl adjacent to an activating group) is 1. The number of hydrogen-bond donors (Lipinski definition) is 1. The number of ether oxygens (including phenoxy) is 2. The number of rotatable bonds is 7. The zero-order valence-electron chi connectivity index (χ0n) is 22.2. The van der Waals surface area contributed by atoms with Gasteiger partial charge in [-0.25, -0.2) is 4.98 Å². The van der Waals surface area contributed by atoms with E-state index in [1.54, 1.807) is 29.1 Å². The molecule has 1 fully saturated rings. The molecule has 3 rings (SSSR count). The third kappa shape index (κ3) is 7.42. The Balaban J connectivity index is 1.83. The van der Waals surface area contributed by atoms with Crippen LogP contribution in [0.3, 0.4) is 0 Å². The number of aliphatic hydroxyl groups excluding tert-OH is 1. The molecule has 9 heteroatoms. The van der Waals surface area contributed by atoms with Crippen LogP contribution in [0.1, 0.15) is 50.0 Å². The smallest absolute Gasteiger partial charge is 0.259 e. The molecule has 36 heavy (non-hydrogen) atoms. The molecule has 2 aliphatic rings. The summed E-state index contributed by atoms with van der Waals surface area (Å²) in [6, 6.07) is 1.35. The monoisotopic (exact) mass is 500 g/mol. The molecule has 1 N–H and O–H groups in total. The van der Waals surface area contributed by atoms with Crippen LogP contribution >= 0.6 is 0 Å². The highest BCUT2D eigenvalue weighted by Crippen LogP contribution is 2.27. The Morgan fingerprint density at radius 2 is 2.03 bits per heavy atom. The number of amides is 2. The van der Waals surface area contributed by atoms with Gasteiger partial charge in [-0.1, -0.05) is 32.6 Å². The third-order valence-electron chi connectivity index (χ3n) is 6.61. The van der Waals surface area contributed by atoms with Crippen LogP contribution in [0.4, 0.5) is 0 Å². The van der Waals surface area contributed by atoms with Crippen molar-refractivity contribution in [3.8, 4) is 17.7 Å². The van der Waals surface area contributed by atoms with E-state index in [4.69, 9.17) is 9.47 Å². The van der Waals surface area contributed by atoms with E-state index < -0.39 is 0 Å². The first-order chi connectivity index (χ1) is 17.2. The molecule has 0 spiro atoms. The first-order valence-corrected chi connectivity index (χ1v) is 12.8. The highest BCUT2D eigenvalue weighted by atomic mass is 16.5. The predicted molar refractivity (Wildman–Crippen MR) is 137 cm³/mol. The summed E-state index contributed by atoms with van der Waals surface area (Å²) in [5.41, 5.74) is 0.969. The number of pyridine rings is 1. The predicted octanol–water partition coefficient (Wildman–Crippen LogP) is 1.49. The molecule has 9 nitrogen and oxygen atoms in total. The van der Waals surface area contributed by atoms with Crippen LogP contribution in [-0.4, -0.2) is 108 Å². The normalized spacial score (nSPS) is 21.5. The van der Waals surface area contributed by atoms with Crippen molar-refractivity contribution >= 4 is 11.8 Å². The van der Waals surface area contributed by atoms with E-state index in [1.165, 1.54) is 0 Å². The van der Waals surface area contributed by atoms with Crippen LogP contribution in [-0.2, 0) is 9.53 Å². The van der Waals surface area contributed by atoms with Gasteiger partial charge in [-0.2, -0.15) is 0 Å². The zero-order valence-corrected chi connectivity index (χ0v) is 22.2. The zero-order chi connectivity index (χ0) is 26.2. The van der Waals surface area contributed by atoms with E-state index in [9.17, 15) is 14.7 Å². The van der Waals surface area contributed by atoms with E-state index in [0.29, 0.717) is 49.9 Å². The summed E-state index contributed by atoms with van der Waals surface area (Å²) in [5.74, 6) is 6.58. The fourth-order valence-electron chi connectivity index (χ4n) is 4.19. The highest BCUT2D eigenvalue weighted by Gasteiger charge is 2.34. The molecule has 0 aromatic carbocycles. The Bertz CT molecular complexity index is 967. The molecule has 0 saturated carbocycles.